The molecule has 2 aromatic rings. The molecular formula is C22H22BrNO3. The van der Waals surface area contributed by atoms with E-state index in [9.17, 15) is 14.7 Å². The van der Waals surface area contributed by atoms with Crippen molar-refractivity contribution in [3.8, 4) is 0 Å². The Bertz CT molecular complexity index is 966. The molecule has 1 amide bonds. The van der Waals surface area contributed by atoms with E-state index in [0.29, 0.717) is 16.8 Å². The van der Waals surface area contributed by atoms with Crippen molar-refractivity contribution in [1.29, 1.82) is 0 Å². The molecule has 3 rings (SSSR count). The van der Waals surface area contributed by atoms with E-state index in [4.69, 9.17) is 0 Å². The predicted molar refractivity (Wildman–Crippen MR) is 110 cm³/mol. The summed E-state index contributed by atoms with van der Waals surface area (Å²) in [5.41, 5.74) is 2.65. The van der Waals surface area contributed by atoms with Crippen LogP contribution in [0.3, 0.4) is 0 Å². The van der Waals surface area contributed by atoms with Crippen molar-refractivity contribution in [2.75, 3.05) is 11.4 Å². The van der Waals surface area contributed by atoms with Gasteiger partial charge in [0, 0.05) is 22.1 Å². The van der Waals surface area contributed by atoms with Crippen molar-refractivity contribution in [2.24, 2.45) is 0 Å². The molecule has 1 heterocycles. The van der Waals surface area contributed by atoms with Gasteiger partial charge < -0.3 is 10.0 Å². The molecule has 1 unspecified atom stereocenters. The first kappa shape index (κ1) is 19.5. The monoisotopic (exact) mass is 427 g/mol. The molecule has 0 spiro atoms. The number of carbonyl (C=O) groups excluding carboxylic acids is 2. The van der Waals surface area contributed by atoms with Crippen molar-refractivity contribution in [3.05, 3.63) is 75.3 Å². The lowest BCUT2D eigenvalue weighted by Crippen LogP contribution is -2.42. The Balaban J connectivity index is 2.04. The van der Waals surface area contributed by atoms with Gasteiger partial charge in [0.15, 0.2) is 11.4 Å². The highest BCUT2D eigenvalue weighted by Crippen LogP contribution is 2.44. The van der Waals surface area contributed by atoms with Crippen molar-refractivity contribution >= 4 is 33.3 Å². The largest absolute Gasteiger partial charge is 0.375 e. The standard InChI is InChI=1S/C22H22BrNO3/c1-5-8-24-19-7-6-16(23)11-18(19)22(27,21(24)26)12-20(25)17-10-14(3)13(2)9-15(17)4/h5-7,9-11,27H,1,8,12H2,2-4H3. The van der Waals surface area contributed by atoms with Gasteiger partial charge in [-0.15, -0.1) is 6.58 Å². The zero-order valence-corrected chi connectivity index (χ0v) is 17.3. The number of amides is 1. The predicted octanol–water partition coefficient (Wildman–Crippen LogP) is 4.37. The maximum absolute atomic E-state index is 13.0. The number of Topliss-reactive ketones (excluding diaryl/α,β-unsaturated/α-hetero) is 1. The van der Waals surface area contributed by atoms with Crippen LogP contribution in [0.4, 0.5) is 5.69 Å². The number of aryl methyl sites for hydroxylation is 3. The number of rotatable bonds is 5. The highest BCUT2D eigenvalue weighted by Gasteiger charge is 2.50. The fourth-order valence-electron chi connectivity index (χ4n) is 3.59. The number of fused-ring (bicyclic) bond motifs is 1. The van der Waals surface area contributed by atoms with Crippen LogP contribution in [0.1, 0.15) is 39.0 Å². The Labute approximate surface area is 167 Å². The molecule has 0 bridgehead atoms. The van der Waals surface area contributed by atoms with Gasteiger partial charge in [-0.25, -0.2) is 0 Å². The van der Waals surface area contributed by atoms with E-state index in [1.807, 2.05) is 39.0 Å². The molecule has 4 nitrogen and oxygen atoms in total. The average Bonchev–Trinajstić information content (AvgIpc) is 2.80. The number of halogens is 1. The molecule has 0 aromatic heterocycles. The first-order chi connectivity index (χ1) is 12.7. The lowest BCUT2D eigenvalue weighted by molar-refractivity contribution is -0.135. The normalized spacial score (nSPS) is 18.6. The maximum Gasteiger partial charge on any atom is 0.264 e. The highest BCUT2D eigenvalue weighted by atomic mass is 79.9. The topological polar surface area (TPSA) is 57.6 Å². The second kappa shape index (κ2) is 7.06. The molecule has 1 N–H and O–H groups in total. The minimum atomic E-state index is -1.88. The summed E-state index contributed by atoms with van der Waals surface area (Å²) in [6, 6.07) is 9.07. The second-order valence-electron chi connectivity index (χ2n) is 7.08. The van der Waals surface area contributed by atoms with Gasteiger partial charge in [-0.1, -0.05) is 28.1 Å². The van der Waals surface area contributed by atoms with Crippen LogP contribution >= 0.6 is 15.9 Å². The van der Waals surface area contributed by atoms with Gasteiger partial charge in [-0.3, -0.25) is 9.59 Å². The molecule has 5 heteroatoms. The minimum absolute atomic E-state index is 0.252. The summed E-state index contributed by atoms with van der Waals surface area (Å²) in [6.07, 6.45) is 1.30. The van der Waals surface area contributed by atoms with E-state index in [-0.39, 0.29) is 18.7 Å². The van der Waals surface area contributed by atoms with E-state index in [2.05, 4.69) is 22.5 Å². The molecule has 0 saturated heterocycles. The Kier molecular flexibility index (Phi) is 5.10. The van der Waals surface area contributed by atoms with Crippen LogP contribution in [0.5, 0.6) is 0 Å². The quantitative estimate of drug-likeness (QED) is 0.569. The van der Waals surface area contributed by atoms with E-state index in [1.54, 1.807) is 18.2 Å². The molecule has 1 aliphatic rings. The van der Waals surface area contributed by atoms with Crippen LogP contribution in [0, 0.1) is 20.8 Å². The van der Waals surface area contributed by atoms with E-state index >= 15 is 0 Å². The second-order valence-corrected chi connectivity index (χ2v) is 7.99. The molecule has 27 heavy (non-hydrogen) atoms. The van der Waals surface area contributed by atoms with Crippen LogP contribution < -0.4 is 4.90 Å². The molecule has 0 saturated carbocycles. The number of anilines is 1. The third-order valence-corrected chi connectivity index (χ3v) is 5.66. The number of hydrogen-bond donors (Lipinski definition) is 1. The molecule has 0 aliphatic carbocycles. The molecule has 2 aromatic carbocycles. The molecule has 0 fully saturated rings. The number of aliphatic hydroxyl groups is 1. The van der Waals surface area contributed by atoms with Crippen LogP contribution in [0.15, 0.2) is 47.5 Å². The number of hydrogen-bond acceptors (Lipinski definition) is 3. The van der Waals surface area contributed by atoms with Crippen molar-refractivity contribution < 1.29 is 14.7 Å². The van der Waals surface area contributed by atoms with E-state index in [0.717, 1.165) is 21.2 Å². The van der Waals surface area contributed by atoms with Gasteiger partial charge in [-0.2, -0.15) is 0 Å². The third kappa shape index (κ3) is 3.26. The van der Waals surface area contributed by atoms with Crippen molar-refractivity contribution in [3.63, 3.8) is 0 Å². The minimum Gasteiger partial charge on any atom is -0.375 e. The van der Waals surface area contributed by atoms with Gasteiger partial charge in [0.1, 0.15) is 0 Å². The van der Waals surface area contributed by atoms with E-state index in [1.165, 1.54) is 4.90 Å². The van der Waals surface area contributed by atoms with Gasteiger partial charge in [0.05, 0.1) is 12.1 Å². The molecule has 0 radical (unpaired) electrons. The van der Waals surface area contributed by atoms with Crippen LogP contribution in [-0.4, -0.2) is 23.3 Å². The molecule has 1 atom stereocenters. The SMILES string of the molecule is C=CCN1C(=O)C(O)(CC(=O)c2cc(C)c(C)cc2C)c2cc(Br)ccc21. The lowest BCUT2D eigenvalue weighted by atomic mass is 9.86. The smallest absolute Gasteiger partial charge is 0.264 e. The zero-order valence-electron chi connectivity index (χ0n) is 15.7. The maximum atomic E-state index is 13.0. The van der Waals surface area contributed by atoms with Gasteiger partial charge >= 0.3 is 0 Å². The summed E-state index contributed by atoms with van der Waals surface area (Å²) in [6.45, 7) is 9.76. The summed E-state index contributed by atoms with van der Waals surface area (Å²) in [7, 11) is 0. The van der Waals surface area contributed by atoms with Crippen LogP contribution in [0.2, 0.25) is 0 Å². The summed E-state index contributed by atoms with van der Waals surface area (Å²) < 4.78 is 0.739. The summed E-state index contributed by atoms with van der Waals surface area (Å²) in [4.78, 5) is 27.5. The number of nitrogens with zero attached hydrogens (tertiary/aromatic N) is 1. The summed E-state index contributed by atoms with van der Waals surface area (Å²) in [5, 5.41) is 11.3. The number of carbonyl (C=O) groups is 2. The summed E-state index contributed by atoms with van der Waals surface area (Å²) in [5.74, 6) is -0.747. The van der Waals surface area contributed by atoms with Gasteiger partial charge in [0.2, 0.25) is 0 Å². The van der Waals surface area contributed by atoms with Crippen LogP contribution in [-0.2, 0) is 10.4 Å². The Hall–Kier alpha value is -2.24. The average molecular weight is 428 g/mol. The first-order valence-electron chi connectivity index (χ1n) is 8.75. The number of ketones is 1. The van der Waals surface area contributed by atoms with Crippen LogP contribution in [0.25, 0.3) is 0 Å². The fraction of sp³-hybridized carbons (Fsp3) is 0.273. The third-order valence-electron chi connectivity index (χ3n) is 5.16. The molecule has 140 valence electrons. The Morgan fingerprint density at radius 1 is 1.19 bits per heavy atom. The van der Waals surface area contributed by atoms with Gasteiger partial charge in [-0.05, 0) is 61.7 Å². The highest BCUT2D eigenvalue weighted by molar-refractivity contribution is 9.10. The van der Waals surface area contributed by atoms with E-state index < -0.39 is 11.5 Å². The van der Waals surface area contributed by atoms with Gasteiger partial charge in [0.25, 0.3) is 5.91 Å². The Morgan fingerprint density at radius 3 is 2.52 bits per heavy atom. The zero-order chi connectivity index (χ0) is 19.9. The Morgan fingerprint density at radius 2 is 1.85 bits per heavy atom. The molecular weight excluding hydrogens is 406 g/mol. The summed E-state index contributed by atoms with van der Waals surface area (Å²) >= 11 is 3.39. The lowest BCUT2D eigenvalue weighted by Gasteiger charge is -2.22. The number of benzene rings is 2. The first-order valence-corrected chi connectivity index (χ1v) is 9.54. The van der Waals surface area contributed by atoms with Crippen molar-refractivity contribution in [2.45, 2.75) is 32.8 Å². The molecule has 1 aliphatic heterocycles. The fourth-order valence-corrected chi connectivity index (χ4v) is 3.95. The van der Waals surface area contributed by atoms with Crippen molar-refractivity contribution in [1.82, 2.24) is 0 Å².